The summed E-state index contributed by atoms with van der Waals surface area (Å²) in [5, 5.41) is 4.51. The van der Waals surface area contributed by atoms with E-state index in [0.29, 0.717) is 12.0 Å². The lowest BCUT2D eigenvalue weighted by molar-refractivity contribution is -0.123. The number of nitrogens with one attached hydrogen (secondary N) is 2. The molecule has 3 aromatic rings. The van der Waals surface area contributed by atoms with Crippen molar-refractivity contribution in [1.82, 2.24) is 10.7 Å². The lowest BCUT2D eigenvalue weighted by Gasteiger charge is -2.25. The molecule has 5 heteroatoms. The molecule has 2 amide bonds. The largest absolute Gasteiger partial charge is 0.340 e. The number of hydrogen-bond acceptors (Lipinski definition) is 3. The highest BCUT2D eigenvalue weighted by Gasteiger charge is 2.23. The minimum absolute atomic E-state index is 0.278. The molecule has 0 aliphatic carbocycles. The maximum absolute atomic E-state index is 12.9. The number of carbonyl (C=O) groups excluding carboxylic acids is 2. The topological polar surface area (TPSA) is 61.4 Å². The normalized spacial score (nSPS) is 11.3. The zero-order valence-electron chi connectivity index (χ0n) is 15.7. The summed E-state index contributed by atoms with van der Waals surface area (Å²) in [6.07, 6.45) is 0.397. The van der Waals surface area contributed by atoms with Crippen LogP contribution in [0.4, 0.5) is 5.69 Å². The van der Waals surface area contributed by atoms with Gasteiger partial charge in [-0.1, -0.05) is 66.7 Å². The van der Waals surface area contributed by atoms with Crippen LogP contribution < -0.4 is 15.8 Å². The van der Waals surface area contributed by atoms with E-state index >= 15 is 0 Å². The predicted octanol–water partition coefficient (Wildman–Crippen LogP) is 3.20. The number of benzene rings is 3. The van der Waals surface area contributed by atoms with Crippen LogP contribution in [0.25, 0.3) is 0 Å². The summed E-state index contributed by atoms with van der Waals surface area (Å²) in [4.78, 5) is 25.5. The summed E-state index contributed by atoms with van der Waals surface area (Å²) in [6, 6.07) is 27.3. The molecule has 0 heterocycles. The Balaban J connectivity index is 1.75. The SMILES string of the molecule is CN(NC(=O)[C@H](Cc1ccccc1)NC(=O)c1ccccc1)c1ccccc1. The number of anilines is 1. The molecule has 28 heavy (non-hydrogen) atoms. The first-order chi connectivity index (χ1) is 13.6. The van der Waals surface area contributed by atoms with Crippen molar-refractivity contribution in [2.45, 2.75) is 12.5 Å². The molecule has 2 N–H and O–H groups in total. The molecule has 0 saturated carbocycles. The van der Waals surface area contributed by atoms with E-state index < -0.39 is 6.04 Å². The molecule has 3 aromatic carbocycles. The van der Waals surface area contributed by atoms with Crippen LogP contribution in [-0.2, 0) is 11.2 Å². The van der Waals surface area contributed by atoms with Crippen molar-refractivity contribution in [2.24, 2.45) is 0 Å². The van der Waals surface area contributed by atoms with Crippen molar-refractivity contribution >= 4 is 17.5 Å². The molecule has 0 aliphatic rings. The third-order valence-electron chi connectivity index (χ3n) is 4.36. The fourth-order valence-electron chi connectivity index (χ4n) is 2.85. The second kappa shape index (κ2) is 9.37. The van der Waals surface area contributed by atoms with Crippen LogP contribution in [0.3, 0.4) is 0 Å². The zero-order valence-corrected chi connectivity index (χ0v) is 15.7. The van der Waals surface area contributed by atoms with Gasteiger partial charge in [-0.15, -0.1) is 0 Å². The minimum atomic E-state index is -0.707. The number of rotatable bonds is 7. The molecule has 0 aliphatic heterocycles. The highest BCUT2D eigenvalue weighted by Crippen LogP contribution is 2.10. The van der Waals surface area contributed by atoms with E-state index in [1.165, 1.54) is 0 Å². The molecule has 142 valence electrons. The van der Waals surface area contributed by atoms with E-state index in [1.54, 1.807) is 36.3 Å². The number of para-hydroxylation sites is 1. The number of nitrogens with zero attached hydrogens (tertiary/aromatic N) is 1. The Kier molecular flexibility index (Phi) is 6.41. The number of amides is 2. The van der Waals surface area contributed by atoms with Gasteiger partial charge >= 0.3 is 0 Å². The fourth-order valence-corrected chi connectivity index (χ4v) is 2.85. The lowest BCUT2D eigenvalue weighted by atomic mass is 10.0. The van der Waals surface area contributed by atoms with E-state index in [2.05, 4.69) is 10.7 Å². The van der Waals surface area contributed by atoms with E-state index in [9.17, 15) is 9.59 Å². The van der Waals surface area contributed by atoms with Gasteiger partial charge in [0.05, 0.1) is 5.69 Å². The highest BCUT2D eigenvalue weighted by atomic mass is 16.2. The summed E-state index contributed by atoms with van der Waals surface area (Å²) in [5.41, 5.74) is 5.19. The van der Waals surface area contributed by atoms with Gasteiger partial charge < -0.3 is 5.32 Å². The van der Waals surface area contributed by atoms with Crippen molar-refractivity contribution < 1.29 is 9.59 Å². The Labute approximate surface area is 165 Å². The minimum Gasteiger partial charge on any atom is -0.340 e. The molecule has 0 bridgehead atoms. The van der Waals surface area contributed by atoms with Crippen molar-refractivity contribution in [2.75, 3.05) is 12.1 Å². The van der Waals surface area contributed by atoms with Crippen molar-refractivity contribution in [3.63, 3.8) is 0 Å². The molecule has 0 aromatic heterocycles. The molecule has 0 unspecified atom stereocenters. The smallest absolute Gasteiger partial charge is 0.261 e. The van der Waals surface area contributed by atoms with Crippen LogP contribution in [-0.4, -0.2) is 24.9 Å². The first-order valence-electron chi connectivity index (χ1n) is 9.12. The van der Waals surface area contributed by atoms with Crippen LogP contribution >= 0.6 is 0 Å². The first kappa shape index (κ1) is 19.2. The summed E-state index contributed by atoms with van der Waals surface area (Å²) in [5.74, 6) is -0.557. The van der Waals surface area contributed by atoms with Gasteiger partial charge in [0.1, 0.15) is 6.04 Å². The molecule has 5 nitrogen and oxygen atoms in total. The average molecular weight is 373 g/mol. The summed E-state index contributed by atoms with van der Waals surface area (Å²) in [6.45, 7) is 0. The summed E-state index contributed by atoms with van der Waals surface area (Å²) in [7, 11) is 1.77. The van der Waals surface area contributed by atoms with E-state index in [4.69, 9.17) is 0 Å². The maximum Gasteiger partial charge on any atom is 0.261 e. The molecule has 3 rings (SSSR count). The number of hydrogen-bond donors (Lipinski definition) is 2. The Hall–Kier alpha value is -3.60. The standard InChI is InChI=1S/C23H23N3O2/c1-26(20-15-9-4-10-16-20)25-23(28)21(17-18-11-5-2-6-12-18)24-22(27)19-13-7-3-8-14-19/h2-16,21H,17H2,1H3,(H,24,27)(H,25,28)/t21-/m0/s1. The van der Waals surface area contributed by atoms with Gasteiger partial charge in [0.25, 0.3) is 11.8 Å². The molecule has 0 fully saturated rings. The molecular weight excluding hydrogens is 350 g/mol. The number of carbonyl (C=O) groups is 2. The van der Waals surface area contributed by atoms with Crippen LogP contribution in [0, 0.1) is 0 Å². The Morgan fingerprint density at radius 2 is 1.36 bits per heavy atom. The summed E-state index contributed by atoms with van der Waals surface area (Å²) < 4.78 is 0. The fraction of sp³-hybridized carbons (Fsp3) is 0.130. The Morgan fingerprint density at radius 1 is 0.821 bits per heavy atom. The van der Waals surface area contributed by atoms with Gasteiger partial charge in [-0.2, -0.15) is 0 Å². The third kappa shape index (κ3) is 5.20. The van der Waals surface area contributed by atoms with Crippen molar-refractivity contribution in [1.29, 1.82) is 0 Å². The average Bonchev–Trinajstić information content (AvgIpc) is 2.75. The van der Waals surface area contributed by atoms with Gasteiger partial charge in [0.15, 0.2) is 0 Å². The van der Waals surface area contributed by atoms with Gasteiger partial charge in [0.2, 0.25) is 0 Å². The Morgan fingerprint density at radius 3 is 1.96 bits per heavy atom. The quantitative estimate of drug-likeness (QED) is 0.625. The monoisotopic (exact) mass is 373 g/mol. The van der Waals surface area contributed by atoms with Crippen LogP contribution in [0.1, 0.15) is 15.9 Å². The van der Waals surface area contributed by atoms with Gasteiger partial charge in [-0.25, -0.2) is 0 Å². The molecule has 0 spiro atoms. The first-order valence-corrected chi connectivity index (χ1v) is 9.12. The van der Waals surface area contributed by atoms with E-state index in [1.807, 2.05) is 66.7 Å². The molecule has 0 saturated heterocycles. The van der Waals surface area contributed by atoms with E-state index in [-0.39, 0.29) is 11.8 Å². The van der Waals surface area contributed by atoms with Crippen molar-refractivity contribution in [3.8, 4) is 0 Å². The zero-order chi connectivity index (χ0) is 19.8. The van der Waals surface area contributed by atoms with Gasteiger partial charge in [0, 0.05) is 19.0 Å². The lowest BCUT2D eigenvalue weighted by Crippen LogP contribution is -2.52. The van der Waals surface area contributed by atoms with Crippen molar-refractivity contribution in [3.05, 3.63) is 102 Å². The predicted molar refractivity (Wildman–Crippen MR) is 111 cm³/mol. The maximum atomic E-state index is 12.9. The second-order valence-electron chi connectivity index (χ2n) is 6.45. The van der Waals surface area contributed by atoms with Crippen LogP contribution in [0.15, 0.2) is 91.0 Å². The Bertz CT molecular complexity index is 899. The molecular formula is C23H23N3O2. The van der Waals surface area contributed by atoms with Gasteiger partial charge in [-0.3, -0.25) is 20.0 Å². The van der Waals surface area contributed by atoms with Crippen LogP contribution in [0.2, 0.25) is 0 Å². The molecule has 0 radical (unpaired) electrons. The number of hydrazine groups is 1. The van der Waals surface area contributed by atoms with Crippen LogP contribution in [0.5, 0.6) is 0 Å². The summed E-state index contributed by atoms with van der Waals surface area (Å²) >= 11 is 0. The molecule has 1 atom stereocenters. The third-order valence-corrected chi connectivity index (χ3v) is 4.36. The second-order valence-corrected chi connectivity index (χ2v) is 6.45. The van der Waals surface area contributed by atoms with Gasteiger partial charge in [-0.05, 0) is 29.8 Å². The van der Waals surface area contributed by atoms with E-state index in [0.717, 1.165) is 11.3 Å². The highest BCUT2D eigenvalue weighted by molar-refractivity contribution is 5.97.